The van der Waals surface area contributed by atoms with E-state index in [4.69, 9.17) is 5.73 Å². The lowest BCUT2D eigenvalue weighted by Crippen LogP contribution is -2.55. The van der Waals surface area contributed by atoms with Crippen LogP contribution in [0.5, 0.6) is 0 Å². The highest BCUT2D eigenvalue weighted by Gasteiger charge is 2.29. The Bertz CT molecular complexity index is 273. The minimum absolute atomic E-state index is 0.123. The van der Waals surface area contributed by atoms with Gasteiger partial charge in [-0.25, -0.2) is 0 Å². The second kappa shape index (κ2) is 5.48. The summed E-state index contributed by atoms with van der Waals surface area (Å²) in [4.78, 5) is 11.9. The average Bonchev–Trinajstić information content (AvgIpc) is 2.69. The highest BCUT2D eigenvalue weighted by Crippen LogP contribution is 2.21. The summed E-state index contributed by atoms with van der Waals surface area (Å²) < 4.78 is 0. The number of allylic oxidation sites excluding steroid dienone is 2. The molecule has 1 aliphatic rings. The van der Waals surface area contributed by atoms with Gasteiger partial charge in [-0.15, -0.1) is 0 Å². The molecule has 0 aromatic rings. The van der Waals surface area contributed by atoms with Crippen LogP contribution < -0.4 is 11.1 Å². The maximum absolute atomic E-state index is 11.9. The van der Waals surface area contributed by atoms with Crippen LogP contribution in [0.25, 0.3) is 0 Å². The van der Waals surface area contributed by atoms with Crippen LogP contribution in [0.2, 0.25) is 0 Å². The van der Waals surface area contributed by atoms with Crippen LogP contribution in [0.4, 0.5) is 0 Å². The lowest BCUT2D eigenvalue weighted by molar-refractivity contribution is -0.123. The van der Waals surface area contributed by atoms with Gasteiger partial charge in [0.2, 0.25) is 5.91 Å². The Morgan fingerprint density at radius 3 is 2.75 bits per heavy atom. The van der Waals surface area contributed by atoms with Gasteiger partial charge in [0.15, 0.2) is 0 Å². The van der Waals surface area contributed by atoms with Crippen molar-refractivity contribution in [2.75, 3.05) is 6.54 Å². The minimum Gasteiger partial charge on any atom is -0.349 e. The summed E-state index contributed by atoms with van der Waals surface area (Å²) in [6, 6.07) is 0. The molecule has 2 atom stereocenters. The Labute approximate surface area is 98.5 Å². The van der Waals surface area contributed by atoms with E-state index in [9.17, 15) is 4.79 Å². The quantitative estimate of drug-likeness (QED) is 0.700. The zero-order chi connectivity index (χ0) is 12.2. The fraction of sp³-hybridized carbons (Fsp3) is 0.769. The summed E-state index contributed by atoms with van der Waals surface area (Å²) in [6.07, 6.45) is 7.11. The molecular formula is C13H24N2O. The smallest absolute Gasteiger partial charge is 0.221 e. The predicted octanol–water partition coefficient (Wildman–Crippen LogP) is 1.83. The molecule has 0 radical (unpaired) electrons. The molecule has 0 bridgehead atoms. The van der Waals surface area contributed by atoms with Crippen LogP contribution in [-0.2, 0) is 4.79 Å². The van der Waals surface area contributed by atoms with Gasteiger partial charge in [-0.3, -0.25) is 4.79 Å². The second-order valence-corrected chi connectivity index (χ2v) is 5.29. The van der Waals surface area contributed by atoms with Gasteiger partial charge in [-0.05, 0) is 31.6 Å². The number of rotatable bonds is 5. The summed E-state index contributed by atoms with van der Waals surface area (Å²) in [5.41, 5.74) is 5.46. The number of hydrogen-bond acceptors (Lipinski definition) is 2. The maximum Gasteiger partial charge on any atom is 0.221 e. The van der Waals surface area contributed by atoms with Crippen molar-refractivity contribution < 1.29 is 4.79 Å². The highest BCUT2D eigenvalue weighted by atomic mass is 16.1. The second-order valence-electron chi connectivity index (χ2n) is 5.29. The summed E-state index contributed by atoms with van der Waals surface area (Å²) in [6.45, 7) is 6.67. The maximum atomic E-state index is 11.9. The first-order chi connectivity index (χ1) is 7.48. The molecule has 1 rings (SSSR count). The molecule has 0 aromatic heterocycles. The zero-order valence-corrected chi connectivity index (χ0v) is 10.6. The Hall–Kier alpha value is -0.830. The standard InChI is InChI=1S/C13H24N2O/c1-10(2)13(3,9-14)15-12(16)8-11-6-4-5-7-11/h4,6,10-11H,5,7-9,14H2,1-3H3,(H,15,16). The fourth-order valence-electron chi connectivity index (χ4n) is 1.90. The Balaban J connectivity index is 2.45. The van der Waals surface area contributed by atoms with Crippen molar-refractivity contribution in [3.63, 3.8) is 0 Å². The molecule has 1 amide bonds. The molecular weight excluding hydrogens is 200 g/mol. The molecule has 3 N–H and O–H groups in total. The first-order valence-electron chi connectivity index (χ1n) is 6.15. The lowest BCUT2D eigenvalue weighted by Gasteiger charge is -2.33. The predicted molar refractivity (Wildman–Crippen MR) is 66.9 cm³/mol. The van der Waals surface area contributed by atoms with E-state index in [1.807, 2.05) is 6.92 Å². The number of hydrogen-bond donors (Lipinski definition) is 2. The van der Waals surface area contributed by atoms with E-state index in [0.29, 0.717) is 24.8 Å². The molecule has 1 aliphatic carbocycles. The third-order valence-corrected chi connectivity index (χ3v) is 3.68. The molecule has 3 heteroatoms. The normalized spacial score (nSPS) is 23.4. The molecule has 0 aliphatic heterocycles. The van der Waals surface area contributed by atoms with E-state index >= 15 is 0 Å². The first kappa shape index (κ1) is 13.2. The molecule has 3 nitrogen and oxygen atoms in total. The SMILES string of the molecule is CC(C)C(C)(CN)NC(=O)CC1C=CCC1. The topological polar surface area (TPSA) is 55.1 Å². The van der Waals surface area contributed by atoms with Crippen LogP contribution in [0, 0.1) is 11.8 Å². The van der Waals surface area contributed by atoms with Crippen LogP contribution in [0.3, 0.4) is 0 Å². The molecule has 92 valence electrons. The van der Waals surface area contributed by atoms with Crippen molar-refractivity contribution in [1.82, 2.24) is 5.32 Å². The summed E-state index contributed by atoms with van der Waals surface area (Å²) >= 11 is 0. The van der Waals surface area contributed by atoms with E-state index in [2.05, 4.69) is 31.3 Å². The van der Waals surface area contributed by atoms with Crippen molar-refractivity contribution in [2.45, 2.75) is 45.6 Å². The number of nitrogens with one attached hydrogen (secondary N) is 1. The summed E-state index contributed by atoms with van der Waals surface area (Å²) in [5.74, 6) is 0.896. The molecule has 2 unspecified atom stereocenters. The van der Waals surface area contributed by atoms with Gasteiger partial charge in [0, 0.05) is 13.0 Å². The van der Waals surface area contributed by atoms with Crippen LogP contribution >= 0.6 is 0 Å². The van der Waals surface area contributed by atoms with Gasteiger partial charge in [-0.2, -0.15) is 0 Å². The Morgan fingerprint density at radius 2 is 2.31 bits per heavy atom. The monoisotopic (exact) mass is 224 g/mol. The van der Waals surface area contributed by atoms with Crippen molar-refractivity contribution in [2.24, 2.45) is 17.6 Å². The van der Waals surface area contributed by atoms with E-state index < -0.39 is 0 Å². The summed E-state index contributed by atoms with van der Waals surface area (Å²) in [5, 5.41) is 3.07. The van der Waals surface area contributed by atoms with Crippen molar-refractivity contribution >= 4 is 5.91 Å². The van der Waals surface area contributed by atoms with Gasteiger partial charge in [0.05, 0.1) is 5.54 Å². The van der Waals surface area contributed by atoms with E-state index in [1.54, 1.807) is 0 Å². The van der Waals surface area contributed by atoms with Crippen LogP contribution in [0.1, 0.15) is 40.0 Å². The van der Waals surface area contributed by atoms with Gasteiger partial charge >= 0.3 is 0 Å². The molecule has 0 saturated carbocycles. The number of carbonyl (C=O) groups is 1. The van der Waals surface area contributed by atoms with E-state index in [1.165, 1.54) is 0 Å². The van der Waals surface area contributed by atoms with Crippen molar-refractivity contribution in [3.05, 3.63) is 12.2 Å². The number of amides is 1. The molecule has 0 heterocycles. The molecule has 0 spiro atoms. The minimum atomic E-state index is -0.278. The third kappa shape index (κ3) is 3.34. The Kier molecular flexibility index (Phi) is 4.54. The average molecular weight is 224 g/mol. The van der Waals surface area contributed by atoms with Crippen molar-refractivity contribution in [3.8, 4) is 0 Å². The van der Waals surface area contributed by atoms with E-state index in [0.717, 1.165) is 12.8 Å². The van der Waals surface area contributed by atoms with Crippen molar-refractivity contribution in [1.29, 1.82) is 0 Å². The molecule has 0 aromatic carbocycles. The molecule has 16 heavy (non-hydrogen) atoms. The molecule has 0 saturated heterocycles. The first-order valence-corrected chi connectivity index (χ1v) is 6.15. The van der Waals surface area contributed by atoms with Gasteiger partial charge in [0.1, 0.15) is 0 Å². The fourth-order valence-corrected chi connectivity index (χ4v) is 1.90. The molecule has 0 fully saturated rings. The van der Waals surface area contributed by atoms with Gasteiger partial charge < -0.3 is 11.1 Å². The van der Waals surface area contributed by atoms with Crippen LogP contribution in [-0.4, -0.2) is 18.0 Å². The van der Waals surface area contributed by atoms with E-state index in [-0.39, 0.29) is 11.4 Å². The Morgan fingerprint density at radius 1 is 1.62 bits per heavy atom. The zero-order valence-electron chi connectivity index (χ0n) is 10.6. The third-order valence-electron chi connectivity index (χ3n) is 3.68. The van der Waals surface area contributed by atoms with Gasteiger partial charge in [-0.1, -0.05) is 26.0 Å². The summed E-state index contributed by atoms with van der Waals surface area (Å²) in [7, 11) is 0. The van der Waals surface area contributed by atoms with Gasteiger partial charge in [0.25, 0.3) is 0 Å². The number of carbonyl (C=O) groups excluding carboxylic acids is 1. The van der Waals surface area contributed by atoms with Crippen LogP contribution in [0.15, 0.2) is 12.2 Å². The largest absolute Gasteiger partial charge is 0.349 e. The lowest BCUT2D eigenvalue weighted by atomic mass is 9.88. The highest BCUT2D eigenvalue weighted by molar-refractivity contribution is 5.77. The number of nitrogens with two attached hydrogens (primary N) is 1.